The second kappa shape index (κ2) is 15.7. The van der Waals surface area contributed by atoms with Crippen LogP contribution in [-0.2, 0) is 68.9 Å². The summed E-state index contributed by atoms with van der Waals surface area (Å²) in [4.78, 5) is 65.1. The largest absolute Gasteiger partial charge is 0.486 e. The van der Waals surface area contributed by atoms with Gasteiger partial charge in [-0.25, -0.2) is 52.0 Å². The van der Waals surface area contributed by atoms with Crippen molar-refractivity contribution < 1.29 is 80.2 Å². The van der Waals surface area contributed by atoms with E-state index in [0.717, 1.165) is 6.33 Å². The van der Waals surface area contributed by atoms with E-state index >= 15 is 0 Å². The van der Waals surface area contributed by atoms with Crippen molar-refractivity contribution >= 4 is 86.7 Å². The van der Waals surface area contributed by atoms with Gasteiger partial charge in [0.2, 0.25) is 0 Å². The zero-order valence-electron chi connectivity index (χ0n) is 26.9. The molecule has 2 aliphatic rings. The maximum absolute atomic E-state index is 12.7. The molecule has 2 fully saturated rings. The molecule has 0 spiro atoms. The van der Waals surface area contributed by atoms with Gasteiger partial charge in [0.05, 0.1) is 25.9 Å². The smallest absolute Gasteiger partial charge is 0.387 e. The number of aromatic nitrogens is 8. The van der Waals surface area contributed by atoms with E-state index in [1.807, 2.05) is 0 Å². The van der Waals surface area contributed by atoms with Crippen LogP contribution in [-0.4, -0.2) is 131 Å². The average Bonchev–Trinajstić information content (AvgIpc) is 3.82. The minimum atomic E-state index is -5.76. The van der Waals surface area contributed by atoms with E-state index in [9.17, 15) is 44.0 Å². The molecule has 0 aliphatic carbocycles. The standard InChI is InChI=1S/C21H30N10O17P4S2/c1-41-15-13(33)9(45-21(15)31-7-29-11-17(23)25-5-27-19(11)31)2-42-49(35,36)46-52(40,54)48-50(37,38)47-51(39,53)43-3-8-12(32)14(34)20(44-8)30-6-28-10-16(22)24-4-26-18(10)30/h4-9,12-15,20-21,32-34H,2-3H2,1H3,(H,35,36)(H,37,38)(H,39,53)(H,40,54)(H2,22,24,26)(H2,23,25,27)/t8-,9-,12-,13-,14-,15-,20-,21-,51?,52?/m1/s1. The summed E-state index contributed by atoms with van der Waals surface area (Å²) in [5.41, 5.74) is 12.3. The summed E-state index contributed by atoms with van der Waals surface area (Å²) in [6.07, 6.45) is -6.27. The first-order chi connectivity index (χ1) is 25.2. The second-order valence-electron chi connectivity index (χ2n) is 11.2. The third-order valence-electron chi connectivity index (χ3n) is 7.67. The number of rotatable bonds is 15. The van der Waals surface area contributed by atoms with Crippen molar-refractivity contribution in [3.8, 4) is 0 Å². The first-order valence-electron chi connectivity index (χ1n) is 14.7. The van der Waals surface area contributed by atoms with Gasteiger partial charge < -0.3 is 65.1 Å². The van der Waals surface area contributed by atoms with Crippen LogP contribution in [0.3, 0.4) is 0 Å². The van der Waals surface area contributed by atoms with Crippen molar-refractivity contribution in [3.05, 3.63) is 25.3 Å². The van der Waals surface area contributed by atoms with Crippen molar-refractivity contribution in [3.63, 3.8) is 0 Å². The van der Waals surface area contributed by atoms with E-state index in [1.165, 1.54) is 35.2 Å². The number of imidazole rings is 2. The number of hydrogen-bond donors (Lipinski definition) is 9. The Labute approximate surface area is 311 Å². The van der Waals surface area contributed by atoms with Crippen LogP contribution in [0.4, 0.5) is 11.6 Å². The van der Waals surface area contributed by atoms with E-state index in [-0.39, 0.29) is 34.0 Å². The van der Waals surface area contributed by atoms with E-state index in [0.29, 0.717) is 0 Å². The summed E-state index contributed by atoms with van der Waals surface area (Å²) in [6.45, 7) is -11.8. The Kier molecular flexibility index (Phi) is 12.0. The number of aliphatic hydroxyl groups is 3. The molecule has 4 aromatic heterocycles. The number of nitrogens with zero attached hydrogens (tertiary/aromatic N) is 8. The molecule has 2 saturated heterocycles. The van der Waals surface area contributed by atoms with Crippen LogP contribution in [0.15, 0.2) is 25.3 Å². The monoisotopic (exact) mass is 882 g/mol. The Bertz CT molecular complexity index is 2220. The summed E-state index contributed by atoms with van der Waals surface area (Å²) >= 11 is 9.26. The van der Waals surface area contributed by atoms with Gasteiger partial charge in [-0.05, 0) is 23.6 Å². The maximum Gasteiger partial charge on any atom is 0.486 e. The number of aliphatic hydroxyl groups excluding tert-OH is 3. The highest BCUT2D eigenvalue weighted by atomic mass is 32.5. The highest BCUT2D eigenvalue weighted by Crippen LogP contribution is 2.71. The molecule has 27 nitrogen and oxygen atoms in total. The molecule has 4 unspecified atom stereocenters. The van der Waals surface area contributed by atoms with Gasteiger partial charge in [-0.15, -0.1) is 0 Å². The minimum absolute atomic E-state index is 0.0327. The minimum Gasteiger partial charge on any atom is -0.387 e. The highest BCUT2D eigenvalue weighted by molar-refractivity contribution is 8.11. The summed E-state index contributed by atoms with van der Waals surface area (Å²) in [5, 5.41) is 31.9. The maximum atomic E-state index is 12.7. The van der Waals surface area contributed by atoms with E-state index in [1.54, 1.807) is 0 Å². The lowest BCUT2D eigenvalue weighted by atomic mass is 10.1. The number of phosphoric ester groups is 1. The fourth-order valence-electron chi connectivity index (χ4n) is 5.35. The predicted octanol–water partition coefficient (Wildman–Crippen LogP) is -1.56. The van der Waals surface area contributed by atoms with Crippen molar-refractivity contribution in [2.75, 3.05) is 31.8 Å². The molecule has 33 heteroatoms. The molecule has 12 atom stereocenters. The Morgan fingerprint density at radius 1 is 0.704 bits per heavy atom. The molecule has 4 aromatic rings. The summed E-state index contributed by atoms with van der Waals surface area (Å²) in [7, 11) is -9.98. The number of nitrogen functional groups attached to an aromatic ring is 2. The number of phosphoric acid groups is 2. The van der Waals surface area contributed by atoms with E-state index < -0.39 is 91.4 Å². The molecule has 0 aromatic carbocycles. The van der Waals surface area contributed by atoms with E-state index in [2.05, 4.69) is 54.6 Å². The molecule has 11 N–H and O–H groups in total. The van der Waals surface area contributed by atoms with Gasteiger partial charge in [-0.1, -0.05) is 0 Å². The molecule has 0 radical (unpaired) electrons. The molecule has 0 amide bonds. The molecule has 298 valence electrons. The summed E-state index contributed by atoms with van der Waals surface area (Å²) in [6, 6.07) is 0. The number of hydrogen-bond acceptors (Lipinski definition) is 23. The fourth-order valence-corrected chi connectivity index (χ4v) is 12.8. The Hall–Kier alpha value is -2.14. The number of nitrogens with two attached hydrogens (primary N) is 2. The van der Waals surface area contributed by atoms with Crippen LogP contribution >= 0.6 is 29.1 Å². The number of fused-ring (bicyclic) bond motifs is 2. The predicted molar refractivity (Wildman–Crippen MR) is 184 cm³/mol. The molecule has 0 bridgehead atoms. The van der Waals surface area contributed by atoms with Crippen molar-refractivity contribution in [1.82, 2.24) is 39.0 Å². The van der Waals surface area contributed by atoms with Gasteiger partial charge in [0.25, 0.3) is 0 Å². The van der Waals surface area contributed by atoms with Gasteiger partial charge >= 0.3 is 29.1 Å². The van der Waals surface area contributed by atoms with Gasteiger partial charge in [0.1, 0.15) is 60.3 Å². The molecular weight excluding hydrogens is 852 g/mol. The van der Waals surface area contributed by atoms with Crippen LogP contribution in [0.5, 0.6) is 0 Å². The van der Waals surface area contributed by atoms with Crippen molar-refractivity contribution in [2.24, 2.45) is 0 Å². The van der Waals surface area contributed by atoms with Crippen LogP contribution in [0, 0.1) is 0 Å². The van der Waals surface area contributed by atoms with Gasteiger partial charge in [-0.2, -0.15) is 0 Å². The SMILES string of the molecule is CO[C@@H]1[C@H](O)[C@@H](COP(=O)(O)OP(O)(=S)OP(=O)(O)OP(O)(=S)OC[C@H]2O[C@@H](n3cnc4c(N)ncnc43)[C@H](O)[C@@H]2O)O[C@H]1n1cnc2c(N)ncnc21. The molecule has 6 heterocycles. The molecule has 0 saturated carbocycles. The Morgan fingerprint density at radius 3 is 1.76 bits per heavy atom. The normalized spacial score (nSPS) is 30.6. The van der Waals surface area contributed by atoms with Gasteiger partial charge in [-0.3, -0.25) is 13.7 Å². The second-order valence-corrected chi connectivity index (χ2v) is 20.2. The zero-order valence-corrected chi connectivity index (χ0v) is 32.1. The zero-order chi connectivity index (χ0) is 39.4. The van der Waals surface area contributed by atoms with Gasteiger partial charge in [0.15, 0.2) is 35.4 Å². The molecule has 2 aliphatic heterocycles. The Balaban J connectivity index is 1.02. The summed E-state index contributed by atoms with van der Waals surface area (Å²) in [5.74, 6) is 0.0955. The lowest BCUT2D eigenvalue weighted by molar-refractivity contribution is -0.0576. The molecule has 6 rings (SSSR count). The third kappa shape index (κ3) is 8.87. The van der Waals surface area contributed by atoms with Gasteiger partial charge in [0, 0.05) is 7.11 Å². The highest BCUT2D eigenvalue weighted by Gasteiger charge is 2.49. The van der Waals surface area contributed by atoms with E-state index in [4.69, 9.17) is 46.5 Å². The van der Waals surface area contributed by atoms with Crippen LogP contribution in [0.1, 0.15) is 12.5 Å². The molecule has 54 heavy (non-hydrogen) atoms. The van der Waals surface area contributed by atoms with Crippen molar-refractivity contribution in [1.29, 1.82) is 0 Å². The van der Waals surface area contributed by atoms with Crippen LogP contribution < -0.4 is 11.5 Å². The first kappa shape index (κ1) is 41.5. The first-order valence-corrected chi connectivity index (χ1v) is 22.9. The van der Waals surface area contributed by atoms with Crippen LogP contribution in [0.2, 0.25) is 0 Å². The lowest BCUT2D eigenvalue weighted by Crippen LogP contribution is -2.35. The third-order valence-corrected chi connectivity index (χ3v) is 15.7. The Morgan fingerprint density at radius 2 is 1.19 bits per heavy atom. The van der Waals surface area contributed by atoms with Crippen LogP contribution in [0.25, 0.3) is 22.3 Å². The van der Waals surface area contributed by atoms with Crippen molar-refractivity contribution in [2.45, 2.75) is 49.1 Å². The molecular formula is C21H30N10O17P4S2. The average molecular weight is 883 g/mol. The summed E-state index contributed by atoms with van der Waals surface area (Å²) < 4.78 is 67.6. The quantitative estimate of drug-likeness (QED) is 0.0610. The fraction of sp³-hybridized carbons (Fsp3) is 0.524. The topological polar surface area (TPSA) is 389 Å². The number of anilines is 2. The number of methoxy groups -OCH3 is 1. The number of ether oxygens (including phenoxy) is 3. The lowest BCUT2D eigenvalue weighted by Gasteiger charge is -2.24.